The van der Waals surface area contributed by atoms with E-state index in [9.17, 15) is 24.5 Å². The van der Waals surface area contributed by atoms with Crippen molar-refractivity contribution >= 4 is 29.1 Å². The number of aryl methyl sites for hydroxylation is 2. The SMILES string of the molecule is CCc1ccccc1NC(=O)CNC(=O)C1CCCN1C(=O)c1ccc([N+](=O)[O-])c(C)c1. The number of hydrogen-bond acceptors (Lipinski definition) is 5. The lowest BCUT2D eigenvalue weighted by molar-refractivity contribution is -0.385. The molecule has 3 rings (SSSR count). The van der Waals surface area contributed by atoms with Crippen molar-refractivity contribution in [1.82, 2.24) is 10.2 Å². The quantitative estimate of drug-likeness (QED) is 0.508. The van der Waals surface area contributed by atoms with Crippen LogP contribution < -0.4 is 10.6 Å². The first-order valence-electron chi connectivity index (χ1n) is 10.5. The molecular formula is C23H26N4O5. The van der Waals surface area contributed by atoms with Gasteiger partial charge in [-0.25, -0.2) is 0 Å². The lowest BCUT2D eigenvalue weighted by Crippen LogP contribution is -2.47. The predicted molar refractivity (Wildman–Crippen MR) is 119 cm³/mol. The zero-order valence-electron chi connectivity index (χ0n) is 18.1. The van der Waals surface area contributed by atoms with Crippen molar-refractivity contribution < 1.29 is 19.3 Å². The monoisotopic (exact) mass is 438 g/mol. The number of hydrogen-bond donors (Lipinski definition) is 2. The summed E-state index contributed by atoms with van der Waals surface area (Å²) in [6, 6.07) is 10.9. The molecule has 2 N–H and O–H groups in total. The molecule has 9 nitrogen and oxygen atoms in total. The molecule has 0 aromatic heterocycles. The number of carbonyl (C=O) groups excluding carboxylic acids is 3. The Kier molecular flexibility index (Phi) is 7.19. The first kappa shape index (κ1) is 22.9. The third-order valence-electron chi connectivity index (χ3n) is 5.55. The van der Waals surface area contributed by atoms with E-state index in [0.717, 1.165) is 12.0 Å². The fourth-order valence-corrected chi connectivity index (χ4v) is 3.87. The minimum Gasteiger partial charge on any atom is -0.345 e. The van der Waals surface area contributed by atoms with Crippen LogP contribution >= 0.6 is 0 Å². The second kappa shape index (κ2) is 10.0. The second-order valence-electron chi connectivity index (χ2n) is 7.69. The number of rotatable bonds is 7. The molecule has 1 aliphatic rings. The molecule has 1 heterocycles. The maximum Gasteiger partial charge on any atom is 0.272 e. The Morgan fingerprint density at radius 2 is 1.94 bits per heavy atom. The van der Waals surface area contributed by atoms with Crippen molar-refractivity contribution in [2.24, 2.45) is 0 Å². The molecule has 1 aliphatic heterocycles. The number of nitrogens with one attached hydrogen (secondary N) is 2. The number of amides is 3. The Labute approximate surface area is 185 Å². The van der Waals surface area contributed by atoms with E-state index in [-0.39, 0.29) is 24.0 Å². The van der Waals surface area contributed by atoms with Crippen molar-refractivity contribution in [1.29, 1.82) is 0 Å². The summed E-state index contributed by atoms with van der Waals surface area (Å²) in [6.45, 7) is 3.76. The number of anilines is 1. The van der Waals surface area contributed by atoms with Gasteiger partial charge in [0.25, 0.3) is 11.6 Å². The molecule has 1 unspecified atom stereocenters. The van der Waals surface area contributed by atoms with Crippen LogP contribution in [0.3, 0.4) is 0 Å². The molecule has 0 aliphatic carbocycles. The van der Waals surface area contributed by atoms with Crippen LogP contribution in [0, 0.1) is 17.0 Å². The van der Waals surface area contributed by atoms with Gasteiger partial charge in [0.1, 0.15) is 6.04 Å². The minimum absolute atomic E-state index is 0.0621. The molecule has 168 valence electrons. The molecule has 0 saturated carbocycles. The van der Waals surface area contributed by atoms with E-state index in [2.05, 4.69) is 10.6 Å². The van der Waals surface area contributed by atoms with Crippen molar-refractivity contribution in [2.75, 3.05) is 18.4 Å². The Hall–Kier alpha value is -3.75. The second-order valence-corrected chi connectivity index (χ2v) is 7.69. The number of nitro benzene ring substituents is 1. The highest BCUT2D eigenvalue weighted by Gasteiger charge is 2.35. The number of carbonyl (C=O) groups is 3. The van der Waals surface area contributed by atoms with Crippen LogP contribution in [0.15, 0.2) is 42.5 Å². The number of para-hydroxylation sites is 1. The van der Waals surface area contributed by atoms with E-state index in [0.29, 0.717) is 36.2 Å². The summed E-state index contributed by atoms with van der Waals surface area (Å²) < 4.78 is 0. The van der Waals surface area contributed by atoms with Crippen LogP contribution in [0.5, 0.6) is 0 Å². The van der Waals surface area contributed by atoms with Gasteiger partial charge in [0.2, 0.25) is 11.8 Å². The number of nitrogens with zero attached hydrogens (tertiary/aromatic N) is 2. The first-order valence-corrected chi connectivity index (χ1v) is 10.5. The summed E-state index contributed by atoms with van der Waals surface area (Å²) in [7, 11) is 0. The van der Waals surface area contributed by atoms with Gasteiger partial charge in [-0.15, -0.1) is 0 Å². The van der Waals surface area contributed by atoms with Gasteiger partial charge in [0, 0.05) is 29.4 Å². The Bertz CT molecular complexity index is 1050. The van der Waals surface area contributed by atoms with Crippen LogP contribution in [0.25, 0.3) is 0 Å². The molecule has 32 heavy (non-hydrogen) atoms. The fraction of sp³-hybridized carbons (Fsp3) is 0.348. The molecule has 3 amide bonds. The largest absolute Gasteiger partial charge is 0.345 e. The van der Waals surface area contributed by atoms with Crippen LogP contribution in [0.2, 0.25) is 0 Å². The van der Waals surface area contributed by atoms with Gasteiger partial charge in [-0.3, -0.25) is 24.5 Å². The van der Waals surface area contributed by atoms with Gasteiger partial charge in [0.15, 0.2) is 0 Å². The zero-order chi connectivity index (χ0) is 23.3. The van der Waals surface area contributed by atoms with Gasteiger partial charge < -0.3 is 15.5 Å². The molecule has 1 fully saturated rings. The molecule has 2 aromatic carbocycles. The highest BCUT2D eigenvalue weighted by molar-refractivity contribution is 6.00. The number of nitro groups is 1. The van der Waals surface area contributed by atoms with E-state index in [4.69, 9.17) is 0 Å². The Morgan fingerprint density at radius 3 is 2.62 bits per heavy atom. The predicted octanol–water partition coefficient (Wildman–Crippen LogP) is 2.83. The summed E-state index contributed by atoms with van der Waals surface area (Å²) in [5.41, 5.74) is 2.32. The third kappa shape index (κ3) is 5.11. The van der Waals surface area contributed by atoms with Crippen molar-refractivity contribution in [3.05, 3.63) is 69.3 Å². The normalized spacial score (nSPS) is 15.3. The third-order valence-corrected chi connectivity index (χ3v) is 5.55. The molecule has 0 radical (unpaired) electrons. The summed E-state index contributed by atoms with van der Waals surface area (Å²) in [5.74, 6) is -1.10. The summed E-state index contributed by atoms with van der Waals surface area (Å²) >= 11 is 0. The average molecular weight is 438 g/mol. The zero-order valence-corrected chi connectivity index (χ0v) is 18.1. The van der Waals surface area contributed by atoms with Crippen molar-refractivity contribution in [3.63, 3.8) is 0 Å². The van der Waals surface area contributed by atoms with E-state index < -0.39 is 16.9 Å². The van der Waals surface area contributed by atoms with Crippen LogP contribution in [-0.4, -0.2) is 46.7 Å². The molecular weight excluding hydrogens is 412 g/mol. The Morgan fingerprint density at radius 1 is 1.19 bits per heavy atom. The minimum atomic E-state index is -0.686. The highest BCUT2D eigenvalue weighted by atomic mass is 16.6. The molecule has 1 saturated heterocycles. The standard InChI is InChI=1S/C23H26N4O5/c1-3-16-7-4-5-8-18(16)25-21(28)14-24-22(29)20-9-6-12-26(20)23(30)17-10-11-19(27(31)32)15(2)13-17/h4-5,7-8,10-11,13,20H,3,6,9,12,14H2,1-2H3,(H,24,29)(H,25,28). The van der Waals surface area contributed by atoms with E-state index in [1.165, 1.54) is 23.1 Å². The fourth-order valence-electron chi connectivity index (χ4n) is 3.87. The number of benzene rings is 2. The van der Waals surface area contributed by atoms with Gasteiger partial charge in [-0.1, -0.05) is 25.1 Å². The average Bonchev–Trinajstić information content (AvgIpc) is 3.27. The summed E-state index contributed by atoms with van der Waals surface area (Å²) in [5, 5.41) is 16.4. The van der Waals surface area contributed by atoms with Crippen molar-refractivity contribution in [3.8, 4) is 0 Å². The topological polar surface area (TPSA) is 122 Å². The number of likely N-dealkylation sites (tertiary alicyclic amines) is 1. The van der Waals surface area contributed by atoms with Crippen LogP contribution in [0.4, 0.5) is 11.4 Å². The van der Waals surface area contributed by atoms with Gasteiger partial charge in [-0.2, -0.15) is 0 Å². The molecule has 9 heteroatoms. The van der Waals surface area contributed by atoms with Gasteiger partial charge in [0.05, 0.1) is 11.5 Å². The molecule has 1 atom stereocenters. The Balaban J connectivity index is 1.61. The highest BCUT2D eigenvalue weighted by Crippen LogP contribution is 2.24. The van der Waals surface area contributed by atoms with Crippen LogP contribution in [0.1, 0.15) is 41.3 Å². The summed E-state index contributed by atoms with van der Waals surface area (Å²) in [4.78, 5) is 49.9. The smallest absolute Gasteiger partial charge is 0.272 e. The van der Waals surface area contributed by atoms with Crippen molar-refractivity contribution in [2.45, 2.75) is 39.2 Å². The lowest BCUT2D eigenvalue weighted by Gasteiger charge is -2.24. The van der Waals surface area contributed by atoms with E-state index in [1.807, 2.05) is 31.2 Å². The van der Waals surface area contributed by atoms with Gasteiger partial charge in [-0.05, 0) is 49.9 Å². The molecule has 2 aromatic rings. The van der Waals surface area contributed by atoms with Crippen LogP contribution in [-0.2, 0) is 16.0 Å². The lowest BCUT2D eigenvalue weighted by atomic mass is 10.1. The van der Waals surface area contributed by atoms with E-state index in [1.54, 1.807) is 6.92 Å². The summed E-state index contributed by atoms with van der Waals surface area (Å²) in [6.07, 6.45) is 1.92. The van der Waals surface area contributed by atoms with E-state index >= 15 is 0 Å². The maximum absolute atomic E-state index is 12.9. The molecule has 0 spiro atoms. The first-order chi connectivity index (χ1) is 15.3. The maximum atomic E-state index is 12.9. The molecule has 0 bridgehead atoms. The van der Waals surface area contributed by atoms with Gasteiger partial charge >= 0.3 is 0 Å².